The van der Waals surface area contributed by atoms with Crippen molar-refractivity contribution in [1.82, 2.24) is 35.4 Å². The van der Waals surface area contributed by atoms with Gasteiger partial charge in [0.05, 0.1) is 23.2 Å². The number of tetrazole rings is 1. The molecule has 31 heavy (non-hydrogen) atoms. The molecule has 0 aliphatic heterocycles. The molecule has 2 heterocycles. The number of hydrogen-bond acceptors (Lipinski definition) is 6. The first kappa shape index (κ1) is 20.7. The second kappa shape index (κ2) is 9.07. The minimum atomic E-state index is -0.413. The molecule has 2 aromatic heterocycles. The highest BCUT2D eigenvalue weighted by Crippen LogP contribution is 2.23. The molecule has 11 heteroatoms. The molecular weight excluding hydrogens is 439 g/mol. The number of carbonyl (C=O) groups excluding carboxylic acids is 1. The number of rotatable bonds is 6. The quantitative estimate of drug-likeness (QED) is 0.355. The molecule has 2 aromatic carbocycles. The molecule has 0 saturated carbocycles. The van der Waals surface area contributed by atoms with Gasteiger partial charge in [0.15, 0.2) is 0 Å². The van der Waals surface area contributed by atoms with Crippen molar-refractivity contribution in [3.63, 3.8) is 0 Å². The molecule has 0 aliphatic carbocycles. The van der Waals surface area contributed by atoms with Gasteiger partial charge in [-0.1, -0.05) is 59.6 Å². The van der Waals surface area contributed by atoms with Gasteiger partial charge in [0.25, 0.3) is 5.91 Å². The van der Waals surface area contributed by atoms with Gasteiger partial charge < -0.3 is 0 Å². The van der Waals surface area contributed by atoms with Crippen molar-refractivity contribution in [2.75, 3.05) is 0 Å². The predicted molar refractivity (Wildman–Crippen MR) is 117 cm³/mol. The van der Waals surface area contributed by atoms with E-state index in [2.05, 4.69) is 31.0 Å². The minimum absolute atomic E-state index is 0.133. The Morgan fingerprint density at radius 2 is 1.94 bits per heavy atom. The van der Waals surface area contributed by atoms with Crippen LogP contribution in [0.4, 0.5) is 0 Å². The summed E-state index contributed by atoms with van der Waals surface area (Å²) in [4.78, 5) is 13.4. The second-order valence-electron chi connectivity index (χ2n) is 6.48. The lowest BCUT2D eigenvalue weighted by atomic mass is 10.2. The van der Waals surface area contributed by atoms with Crippen LogP contribution in [0.5, 0.6) is 0 Å². The van der Waals surface area contributed by atoms with E-state index in [4.69, 9.17) is 23.2 Å². The summed E-state index contributed by atoms with van der Waals surface area (Å²) in [5, 5.41) is 21.3. The number of hydrogen-bond donors (Lipinski definition) is 1. The molecule has 1 amide bonds. The number of benzene rings is 2. The van der Waals surface area contributed by atoms with Crippen LogP contribution < -0.4 is 5.43 Å². The lowest BCUT2D eigenvalue weighted by Gasteiger charge is -2.03. The van der Waals surface area contributed by atoms with E-state index in [1.807, 2.05) is 36.4 Å². The van der Waals surface area contributed by atoms with Gasteiger partial charge in [-0.05, 0) is 30.3 Å². The summed E-state index contributed by atoms with van der Waals surface area (Å²) < 4.78 is 1.55. The maximum atomic E-state index is 12.2. The summed E-state index contributed by atoms with van der Waals surface area (Å²) in [6.07, 6.45) is 1.44. The molecule has 4 rings (SSSR count). The Morgan fingerprint density at radius 1 is 1.13 bits per heavy atom. The van der Waals surface area contributed by atoms with E-state index in [0.717, 1.165) is 11.3 Å². The zero-order chi connectivity index (χ0) is 21.8. The number of carbonyl (C=O) groups is 1. The molecule has 0 atom stereocenters. The SMILES string of the molecule is Cc1nn(-c2cccc(Cl)c2)c(Cl)c1C=NNC(=O)Cn1nnc(-c2ccccc2)n1. The number of halogens is 2. The summed E-state index contributed by atoms with van der Waals surface area (Å²) in [6.45, 7) is 1.66. The van der Waals surface area contributed by atoms with Crippen LogP contribution in [0.2, 0.25) is 10.2 Å². The van der Waals surface area contributed by atoms with Crippen molar-refractivity contribution in [2.45, 2.75) is 13.5 Å². The second-order valence-corrected chi connectivity index (χ2v) is 7.28. The van der Waals surface area contributed by atoms with E-state index in [-0.39, 0.29) is 6.54 Å². The van der Waals surface area contributed by atoms with Crippen molar-refractivity contribution in [1.29, 1.82) is 0 Å². The number of aromatic nitrogens is 6. The summed E-state index contributed by atoms with van der Waals surface area (Å²) in [6, 6.07) is 16.5. The van der Waals surface area contributed by atoms with E-state index in [1.165, 1.54) is 11.0 Å². The highest BCUT2D eigenvalue weighted by molar-refractivity contribution is 6.32. The molecule has 0 unspecified atom stereocenters. The van der Waals surface area contributed by atoms with Crippen molar-refractivity contribution >= 4 is 35.3 Å². The summed E-state index contributed by atoms with van der Waals surface area (Å²) in [7, 11) is 0. The average molecular weight is 455 g/mol. The Hall–Kier alpha value is -3.56. The fraction of sp³-hybridized carbons (Fsp3) is 0.100. The highest BCUT2D eigenvalue weighted by atomic mass is 35.5. The Kier molecular flexibility index (Phi) is 6.06. The van der Waals surface area contributed by atoms with Gasteiger partial charge >= 0.3 is 0 Å². The van der Waals surface area contributed by atoms with Crippen LogP contribution >= 0.6 is 23.2 Å². The molecule has 9 nitrogen and oxygen atoms in total. The zero-order valence-corrected chi connectivity index (χ0v) is 17.8. The molecule has 156 valence electrons. The van der Waals surface area contributed by atoms with E-state index in [1.54, 1.807) is 29.8 Å². The fourth-order valence-corrected chi connectivity index (χ4v) is 3.29. The van der Waals surface area contributed by atoms with E-state index in [0.29, 0.717) is 27.3 Å². The topological polar surface area (TPSA) is 103 Å². The van der Waals surface area contributed by atoms with Gasteiger partial charge in [-0.25, -0.2) is 10.1 Å². The van der Waals surface area contributed by atoms with Crippen LogP contribution in [0.25, 0.3) is 17.1 Å². The van der Waals surface area contributed by atoms with Crippen LogP contribution in [0.15, 0.2) is 59.7 Å². The van der Waals surface area contributed by atoms with Gasteiger partial charge in [0, 0.05) is 10.6 Å². The first-order chi connectivity index (χ1) is 15.0. The van der Waals surface area contributed by atoms with Crippen LogP contribution in [-0.2, 0) is 11.3 Å². The van der Waals surface area contributed by atoms with Crippen LogP contribution in [0.1, 0.15) is 11.3 Å². The van der Waals surface area contributed by atoms with Gasteiger partial charge in [-0.15, -0.1) is 10.2 Å². The molecule has 4 aromatic rings. The summed E-state index contributed by atoms with van der Waals surface area (Å²) >= 11 is 12.5. The van der Waals surface area contributed by atoms with Crippen LogP contribution in [0, 0.1) is 6.92 Å². The van der Waals surface area contributed by atoms with Crippen LogP contribution in [-0.4, -0.2) is 42.1 Å². The normalized spacial score (nSPS) is 11.2. The van der Waals surface area contributed by atoms with Gasteiger partial charge in [0.2, 0.25) is 5.82 Å². The molecule has 1 N–H and O–H groups in total. The fourth-order valence-electron chi connectivity index (χ4n) is 2.78. The molecule has 0 bridgehead atoms. The van der Waals surface area contributed by atoms with Crippen molar-refractivity contribution < 1.29 is 4.79 Å². The van der Waals surface area contributed by atoms with E-state index < -0.39 is 5.91 Å². The molecule has 0 spiro atoms. The third-order valence-electron chi connectivity index (χ3n) is 4.25. The largest absolute Gasteiger partial charge is 0.271 e. The highest BCUT2D eigenvalue weighted by Gasteiger charge is 2.14. The number of hydrazone groups is 1. The van der Waals surface area contributed by atoms with E-state index >= 15 is 0 Å². The van der Waals surface area contributed by atoms with Gasteiger partial charge in [-0.2, -0.15) is 15.0 Å². The average Bonchev–Trinajstić information content (AvgIpc) is 3.34. The lowest BCUT2D eigenvalue weighted by Crippen LogP contribution is -2.24. The Labute approximate surface area is 187 Å². The minimum Gasteiger partial charge on any atom is -0.271 e. The molecule has 0 radical (unpaired) electrons. The van der Waals surface area contributed by atoms with Gasteiger partial charge in [0.1, 0.15) is 11.7 Å². The third-order valence-corrected chi connectivity index (χ3v) is 4.85. The Morgan fingerprint density at radius 3 is 2.71 bits per heavy atom. The van der Waals surface area contributed by atoms with Crippen LogP contribution in [0.3, 0.4) is 0 Å². The number of amides is 1. The number of nitrogens with one attached hydrogen (secondary N) is 1. The maximum Gasteiger partial charge on any atom is 0.263 e. The van der Waals surface area contributed by atoms with Crippen molar-refractivity contribution in [2.24, 2.45) is 5.10 Å². The first-order valence-corrected chi connectivity index (χ1v) is 9.93. The first-order valence-electron chi connectivity index (χ1n) is 9.17. The Balaban J connectivity index is 1.41. The van der Waals surface area contributed by atoms with Gasteiger partial charge in [-0.3, -0.25) is 4.79 Å². The standard InChI is InChI=1S/C20H16Cl2N8O/c1-13-17(19(22)30(26-13)16-9-5-8-15(21)10-16)11-23-24-18(31)12-29-27-20(25-28-29)14-6-3-2-4-7-14/h2-11H,12H2,1H3,(H,24,31). The smallest absolute Gasteiger partial charge is 0.263 e. The molecule has 0 fully saturated rings. The molecular formula is C20H16Cl2N8O. The predicted octanol–water partition coefficient (Wildman–Crippen LogP) is 3.29. The summed E-state index contributed by atoms with van der Waals surface area (Å²) in [5.41, 5.74) is 5.18. The maximum absolute atomic E-state index is 12.2. The number of nitrogens with zero attached hydrogens (tertiary/aromatic N) is 7. The Bertz CT molecular complexity index is 1250. The van der Waals surface area contributed by atoms with E-state index in [9.17, 15) is 4.79 Å². The lowest BCUT2D eigenvalue weighted by molar-refractivity contribution is -0.122. The molecule has 0 aliphatic rings. The monoisotopic (exact) mass is 454 g/mol. The zero-order valence-electron chi connectivity index (χ0n) is 16.3. The number of aryl methyl sites for hydroxylation is 1. The third kappa shape index (κ3) is 4.79. The molecule has 0 saturated heterocycles. The van der Waals surface area contributed by atoms with Crippen molar-refractivity contribution in [3.8, 4) is 17.1 Å². The van der Waals surface area contributed by atoms with Crippen molar-refractivity contribution in [3.05, 3.63) is 76.0 Å². The summed E-state index contributed by atoms with van der Waals surface area (Å²) in [5.74, 6) is 0.0250.